The largest absolute Gasteiger partial charge is 0.497 e. The molecular weight excluding hydrogens is 242 g/mol. The van der Waals surface area contributed by atoms with Crippen LogP contribution in [0.5, 0.6) is 5.75 Å². The van der Waals surface area contributed by atoms with E-state index < -0.39 is 5.97 Å². The Bertz CT molecular complexity index is 570. The minimum absolute atomic E-state index is 0.370. The van der Waals surface area contributed by atoms with E-state index >= 15 is 0 Å². The van der Waals surface area contributed by atoms with Crippen LogP contribution in [0.15, 0.2) is 36.5 Å². The summed E-state index contributed by atoms with van der Waals surface area (Å²) >= 11 is 0. The maximum Gasteiger partial charge on any atom is 0.337 e. The van der Waals surface area contributed by atoms with Crippen LogP contribution in [0.1, 0.15) is 21.6 Å². The molecule has 0 amide bonds. The summed E-state index contributed by atoms with van der Waals surface area (Å²) in [5.41, 5.74) is 2.36. The van der Waals surface area contributed by atoms with Crippen LogP contribution < -0.4 is 4.74 Å². The molecule has 0 bridgehead atoms. The summed E-state index contributed by atoms with van der Waals surface area (Å²) in [5.74, 6) is -0.0326. The second-order valence-corrected chi connectivity index (χ2v) is 4.41. The number of carbonyl (C=O) groups is 1. The summed E-state index contributed by atoms with van der Waals surface area (Å²) in [5, 5.41) is 8.99. The molecular formula is C15H17NO3. The number of nitrogens with zero attached hydrogens (tertiary/aromatic N) is 1. The Morgan fingerprint density at radius 1 is 1.26 bits per heavy atom. The fourth-order valence-corrected chi connectivity index (χ4v) is 2.06. The summed E-state index contributed by atoms with van der Waals surface area (Å²) in [4.78, 5) is 11.0. The average Bonchev–Trinajstić information content (AvgIpc) is 2.78. The van der Waals surface area contributed by atoms with E-state index in [1.807, 2.05) is 42.0 Å². The molecule has 0 saturated heterocycles. The van der Waals surface area contributed by atoms with Gasteiger partial charge in [-0.25, -0.2) is 4.79 Å². The first kappa shape index (κ1) is 13.2. The first-order valence-electron chi connectivity index (χ1n) is 6.14. The van der Waals surface area contributed by atoms with Gasteiger partial charge in [-0.3, -0.25) is 0 Å². The third kappa shape index (κ3) is 2.96. The quantitative estimate of drug-likeness (QED) is 0.898. The summed E-state index contributed by atoms with van der Waals surface area (Å²) in [7, 11) is 1.64. The molecule has 4 nitrogen and oxygen atoms in total. The van der Waals surface area contributed by atoms with Gasteiger partial charge in [0, 0.05) is 18.4 Å². The van der Waals surface area contributed by atoms with Crippen LogP contribution in [0.25, 0.3) is 0 Å². The SMILES string of the molecule is COc1ccc(CCn2ccc(C(=O)O)c2C)cc1. The van der Waals surface area contributed by atoms with Crippen LogP contribution in [0.4, 0.5) is 0 Å². The summed E-state index contributed by atoms with van der Waals surface area (Å²) in [6.45, 7) is 2.60. The third-order valence-corrected chi connectivity index (χ3v) is 3.27. The molecule has 1 aromatic carbocycles. The van der Waals surface area contributed by atoms with E-state index in [1.54, 1.807) is 13.2 Å². The van der Waals surface area contributed by atoms with E-state index in [2.05, 4.69) is 0 Å². The van der Waals surface area contributed by atoms with Crippen molar-refractivity contribution in [2.75, 3.05) is 7.11 Å². The monoisotopic (exact) mass is 259 g/mol. The molecule has 1 aromatic heterocycles. The molecule has 0 radical (unpaired) electrons. The lowest BCUT2D eigenvalue weighted by molar-refractivity contribution is 0.0696. The van der Waals surface area contributed by atoms with Crippen LogP contribution in [-0.4, -0.2) is 22.8 Å². The molecule has 0 saturated carbocycles. The van der Waals surface area contributed by atoms with E-state index in [-0.39, 0.29) is 0 Å². The average molecular weight is 259 g/mol. The van der Waals surface area contributed by atoms with Gasteiger partial charge >= 0.3 is 5.97 Å². The molecule has 0 spiro atoms. The van der Waals surface area contributed by atoms with Gasteiger partial charge in [0.05, 0.1) is 12.7 Å². The molecule has 0 fully saturated rings. The zero-order valence-corrected chi connectivity index (χ0v) is 11.1. The topological polar surface area (TPSA) is 51.5 Å². The highest BCUT2D eigenvalue weighted by Gasteiger charge is 2.10. The van der Waals surface area contributed by atoms with Crippen molar-refractivity contribution < 1.29 is 14.6 Å². The number of hydrogen-bond acceptors (Lipinski definition) is 2. The molecule has 100 valence electrons. The van der Waals surface area contributed by atoms with Crippen molar-refractivity contribution in [2.24, 2.45) is 0 Å². The second-order valence-electron chi connectivity index (χ2n) is 4.41. The molecule has 1 heterocycles. The second kappa shape index (κ2) is 5.61. The first-order valence-corrected chi connectivity index (χ1v) is 6.14. The lowest BCUT2D eigenvalue weighted by Gasteiger charge is -2.07. The lowest BCUT2D eigenvalue weighted by Crippen LogP contribution is -2.05. The normalized spacial score (nSPS) is 10.4. The molecule has 0 aliphatic heterocycles. The van der Waals surface area contributed by atoms with Gasteiger partial charge in [-0.1, -0.05) is 12.1 Å². The minimum Gasteiger partial charge on any atom is -0.497 e. The predicted octanol–water partition coefficient (Wildman–Crippen LogP) is 2.75. The number of aromatic carboxylic acids is 1. The Morgan fingerprint density at radius 3 is 2.47 bits per heavy atom. The van der Waals surface area contributed by atoms with E-state index in [4.69, 9.17) is 9.84 Å². The Hall–Kier alpha value is -2.23. The van der Waals surface area contributed by atoms with Crippen LogP contribution in [0.2, 0.25) is 0 Å². The maximum absolute atomic E-state index is 11.0. The van der Waals surface area contributed by atoms with E-state index in [0.717, 1.165) is 24.4 Å². The predicted molar refractivity (Wildman–Crippen MR) is 72.8 cm³/mol. The van der Waals surface area contributed by atoms with Crippen LogP contribution in [0.3, 0.4) is 0 Å². The summed E-state index contributed by atoms with van der Waals surface area (Å²) in [6.07, 6.45) is 2.68. The number of aryl methyl sites for hydroxylation is 2. The van der Waals surface area contributed by atoms with Crippen molar-refractivity contribution in [2.45, 2.75) is 19.9 Å². The Labute approximate surface area is 112 Å². The highest BCUT2D eigenvalue weighted by molar-refractivity contribution is 5.88. The fraction of sp³-hybridized carbons (Fsp3) is 0.267. The molecule has 19 heavy (non-hydrogen) atoms. The Morgan fingerprint density at radius 2 is 1.95 bits per heavy atom. The molecule has 2 aromatic rings. The Kier molecular flexibility index (Phi) is 3.90. The van der Waals surface area contributed by atoms with Gasteiger partial charge in [0.15, 0.2) is 0 Å². The third-order valence-electron chi connectivity index (χ3n) is 3.27. The highest BCUT2D eigenvalue weighted by atomic mass is 16.5. The van der Waals surface area contributed by atoms with Gasteiger partial charge in [0.1, 0.15) is 5.75 Å². The van der Waals surface area contributed by atoms with Gasteiger partial charge in [0.2, 0.25) is 0 Å². The summed E-state index contributed by atoms with van der Waals surface area (Å²) < 4.78 is 7.08. The van der Waals surface area contributed by atoms with Crippen LogP contribution >= 0.6 is 0 Å². The number of rotatable bonds is 5. The van der Waals surface area contributed by atoms with Crippen molar-refractivity contribution in [3.05, 3.63) is 53.3 Å². The van der Waals surface area contributed by atoms with E-state index in [1.165, 1.54) is 5.56 Å². The molecule has 0 aliphatic carbocycles. The zero-order valence-electron chi connectivity index (χ0n) is 11.1. The summed E-state index contributed by atoms with van der Waals surface area (Å²) in [6, 6.07) is 9.55. The fourth-order valence-electron chi connectivity index (χ4n) is 2.06. The number of hydrogen-bond donors (Lipinski definition) is 1. The van der Waals surface area contributed by atoms with Crippen LogP contribution in [-0.2, 0) is 13.0 Å². The van der Waals surface area contributed by atoms with Gasteiger partial charge < -0.3 is 14.4 Å². The number of carboxylic acids is 1. The molecule has 0 atom stereocenters. The van der Waals surface area contributed by atoms with Gasteiger partial charge in [-0.05, 0) is 37.1 Å². The zero-order chi connectivity index (χ0) is 13.8. The van der Waals surface area contributed by atoms with E-state index in [0.29, 0.717) is 5.56 Å². The van der Waals surface area contributed by atoms with Crippen molar-refractivity contribution in [1.82, 2.24) is 4.57 Å². The van der Waals surface area contributed by atoms with Gasteiger partial charge in [-0.15, -0.1) is 0 Å². The molecule has 2 rings (SSSR count). The van der Waals surface area contributed by atoms with Crippen molar-refractivity contribution in [1.29, 1.82) is 0 Å². The van der Waals surface area contributed by atoms with Crippen LogP contribution in [0, 0.1) is 6.92 Å². The molecule has 0 unspecified atom stereocenters. The van der Waals surface area contributed by atoms with Crippen molar-refractivity contribution in [3.63, 3.8) is 0 Å². The highest BCUT2D eigenvalue weighted by Crippen LogP contribution is 2.14. The van der Waals surface area contributed by atoms with Crippen molar-refractivity contribution >= 4 is 5.97 Å². The smallest absolute Gasteiger partial charge is 0.337 e. The minimum atomic E-state index is -0.874. The molecule has 1 N–H and O–H groups in total. The first-order chi connectivity index (χ1) is 9.11. The molecule has 4 heteroatoms. The number of methoxy groups -OCH3 is 1. The number of aromatic nitrogens is 1. The Balaban J connectivity index is 2.03. The number of carboxylic acid groups (broad SMARTS) is 1. The maximum atomic E-state index is 11.0. The van der Waals surface area contributed by atoms with Crippen molar-refractivity contribution in [3.8, 4) is 5.75 Å². The van der Waals surface area contributed by atoms with Gasteiger partial charge in [0.25, 0.3) is 0 Å². The number of ether oxygens (including phenoxy) is 1. The van der Waals surface area contributed by atoms with Gasteiger partial charge in [-0.2, -0.15) is 0 Å². The van der Waals surface area contributed by atoms with E-state index in [9.17, 15) is 4.79 Å². The standard InChI is InChI=1S/C15H17NO3/c1-11-14(15(17)18)8-10-16(11)9-7-12-3-5-13(19-2)6-4-12/h3-6,8,10H,7,9H2,1-2H3,(H,17,18). The number of benzene rings is 1. The molecule has 0 aliphatic rings. The lowest BCUT2D eigenvalue weighted by atomic mass is 10.1.